The van der Waals surface area contributed by atoms with Crippen molar-refractivity contribution in [2.24, 2.45) is 0 Å². The monoisotopic (exact) mass is 403 g/mol. The van der Waals surface area contributed by atoms with Crippen LogP contribution in [0.4, 0.5) is 5.69 Å². The molecule has 0 aromatic heterocycles. The van der Waals surface area contributed by atoms with E-state index in [2.05, 4.69) is 17.2 Å². The summed E-state index contributed by atoms with van der Waals surface area (Å²) in [5.74, 6) is -0.231. The molecule has 28 heavy (non-hydrogen) atoms. The van der Waals surface area contributed by atoms with Crippen molar-refractivity contribution in [3.8, 4) is 0 Å². The van der Waals surface area contributed by atoms with E-state index in [0.717, 1.165) is 37.3 Å². The van der Waals surface area contributed by atoms with Crippen LogP contribution in [0.25, 0.3) is 0 Å². The number of hydrazine groups is 1. The van der Waals surface area contributed by atoms with Gasteiger partial charge in [0.2, 0.25) is 0 Å². The first-order valence-corrected chi connectivity index (χ1v) is 10.8. The third-order valence-corrected chi connectivity index (χ3v) is 6.53. The van der Waals surface area contributed by atoms with Crippen LogP contribution in [0.1, 0.15) is 21.5 Å². The number of quaternary nitrogens is 1. The highest BCUT2D eigenvalue weighted by Crippen LogP contribution is 2.22. The highest BCUT2D eigenvalue weighted by atomic mass is 32.2. The second-order valence-electron chi connectivity index (χ2n) is 7.26. The molecule has 0 spiro atoms. The Bertz CT molecular complexity index is 950. The van der Waals surface area contributed by atoms with Gasteiger partial charge < -0.3 is 4.90 Å². The maximum atomic E-state index is 12.7. The SMILES string of the molecule is Cc1cccc(NS(=O)(=O)c2ccc(C(=O)NN3CC[NH+](C)CC3)cc2)c1C. The zero-order valence-corrected chi connectivity index (χ0v) is 17.3. The molecule has 8 heteroatoms. The van der Waals surface area contributed by atoms with Gasteiger partial charge in [-0.05, 0) is 55.3 Å². The lowest BCUT2D eigenvalue weighted by molar-refractivity contribution is -0.884. The number of nitrogens with zero attached hydrogens (tertiary/aromatic N) is 1. The molecular formula is C20H27N4O3S+. The molecule has 3 N–H and O–H groups in total. The largest absolute Gasteiger partial charge is 0.335 e. The fourth-order valence-electron chi connectivity index (χ4n) is 3.06. The summed E-state index contributed by atoms with van der Waals surface area (Å²) in [5, 5.41) is 1.90. The average molecular weight is 404 g/mol. The maximum Gasteiger partial charge on any atom is 0.265 e. The molecule has 2 aromatic carbocycles. The molecule has 1 fully saturated rings. The number of nitrogens with one attached hydrogen (secondary N) is 3. The van der Waals surface area contributed by atoms with Gasteiger partial charge in [0.25, 0.3) is 15.9 Å². The summed E-state index contributed by atoms with van der Waals surface area (Å²) in [5.41, 5.74) is 5.76. The van der Waals surface area contributed by atoms with Crippen molar-refractivity contribution in [3.05, 3.63) is 59.2 Å². The predicted octanol–water partition coefficient (Wildman–Crippen LogP) is 0.579. The Hall–Kier alpha value is -2.42. The highest BCUT2D eigenvalue weighted by molar-refractivity contribution is 7.92. The third-order valence-electron chi connectivity index (χ3n) is 5.15. The molecule has 0 aliphatic carbocycles. The molecule has 1 amide bonds. The summed E-state index contributed by atoms with van der Waals surface area (Å²) in [7, 11) is -1.59. The molecule has 0 radical (unpaired) electrons. The Morgan fingerprint density at radius 1 is 1.04 bits per heavy atom. The van der Waals surface area contributed by atoms with E-state index in [0.29, 0.717) is 11.3 Å². The fraction of sp³-hybridized carbons (Fsp3) is 0.350. The Kier molecular flexibility index (Phi) is 6.02. The average Bonchev–Trinajstić information content (AvgIpc) is 2.67. The van der Waals surface area contributed by atoms with Gasteiger partial charge in [-0.15, -0.1) is 0 Å². The number of rotatable bonds is 5. The first-order chi connectivity index (χ1) is 13.3. The minimum absolute atomic E-state index is 0.119. The number of carbonyl (C=O) groups excluding carboxylic acids is 1. The number of amides is 1. The number of likely N-dealkylation sites (N-methyl/N-ethyl adjacent to an activating group) is 1. The lowest BCUT2D eigenvalue weighted by Crippen LogP contribution is -3.12. The molecule has 150 valence electrons. The minimum atomic E-state index is -3.72. The van der Waals surface area contributed by atoms with E-state index in [4.69, 9.17) is 0 Å². The van der Waals surface area contributed by atoms with Gasteiger partial charge in [-0.25, -0.2) is 13.4 Å². The summed E-state index contributed by atoms with van der Waals surface area (Å²) in [6.07, 6.45) is 0. The molecule has 1 saturated heterocycles. The van der Waals surface area contributed by atoms with Crippen molar-refractivity contribution in [2.75, 3.05) is 37.9 Å². The molecule has 1 heterocycles. The van der Waals surface area contributed by atoms with E-state index in [1.807, 2.05) is 31.0 Å². The van der Waals surface area contributed by atoms with Crippen molar-refractivity contribution >= 4 is 21.6 Å². The van der Waals surface area contributed by atoms with E-state index < -0.39 is 10.0 Å². The van der Waals surface area contributed by atoms with Crippen LogP contribution in [0.2, 0.25) is 0 Å². The number of benzene rings is 2. The van der Waals surface area contributed by atoms with Crippen molar-refractivity contribution < 1.29 is 18.1 Å². The van der Waals surface area contributed by atoms with E-state index in [-0.39, 0.29) is 10.8 Å². The molecule has 0 atom stereocenters. The van der Waals surface area contributed by atoms with Gasteiger partial charge in [0.05, 0.1) is 43.8 Å². The van der Waals surface area contributed by atoms with Crippen molar-refractivity contribution in [1.82, 2.24) is 10.4 Å². The number of carbonyl (C=O) groups is 1. The molecule has 1 aliphatic heterocycles. The standard InChI is InChI=1S/C20H26N4O3S/c1-15-5-4-6-19(16(15)2)22-28(26,27)18-9-7-17(8-10-18)20(25)21-24-13-11-23(3)12-14-24/h4-10,22H,11-14H2,1-3H3,(H,21,25)/p+1. The van der Waals surface area contributed by atoms with E-state index in [9.17, 15) is 13.2 Å². The van der Waals surface area contributed by atoms with Gasteiger partial charge in [0, 0.05) is 5.56 Å². The van der Waals surface area contributed by atoms with E-state index in [1.54, 1.807) is 6.07 Å². The summed E-state index contributed by atoms with van der Waals surface area (Å²) in [4.78, 5) is 14.0. The van der Waals surface area contributed by atoms with Gasteiger partial charge >= 0.3 is 0 Å². The summed E-state index contributed by atoms with van der Waals surface area (Å²) >= 11 is 0. The number of anilines is 1. The molecule has 0 bridgehead atoms. The van der Waals surface area contributed by atoms with Gasteiger partial charge in [-0.1, -0.05) is 12.1 Å². The van der Waals surface area contributed by atoms with Gasteiger partial charge in [0.1, 0.15) is 0 Å². The first kappa shape index (κ1) is 20.3. The van der Waals surface area contributed by atoms with Crippen LogP contribution in [0.15, 0.2) is 47.4 Å². The summed E-state index contributed by atoms with van der Waals surface area (Å²) in [6, 6.07) is 11.5. The minimum Gasteiger partial charge on any atom is -0.335 e. The molecule has 2 aromatic rings. The Morgan fingerprint density at radius 2 is 1.68 bits per heavy atom. The van der Waals surface area contributed by atoms with Gasteiger partial charge in [-0.2, -0.15) is 0 Å². The number of aryl methyl sites for hydroxylation is 1. The van der Waals surface area contributed by atoms with Crippen LogP contribution in [-0.2, 0) is 10.0 Å². The Balaban J connectivity index is 1.69. The quantitative estimate of drug-likeness (QED) is 0.682. The number of hydrogen-bond donors (Lipinski definition) is 3. The maximum absolute atomic E-state index is 12.7. The van der Waals surface area contributed by atoms with Crippen LogP contribution < -0.4 is 15.0 Å². The van der Waals surface area contributed by atoms with Crippen molar-refractivity contribution in [3.63, 3.8) is 0 Å². The van der Waals surface area contributed by atoms with Crippen LogP contribution >= 0.6 is 0 Å². The number of piperazine rings is 1. The second kappa shape index (κ2) is 8.30. The number of sulfonamides is 1. The summed E-state index contributed by atoms with van der Waals surface area (Å²) < 4.78 is 28.0. The molecule has 1 aliphatic rings. The van der Waals surface area contributed by atoms with Crippen molar-refractivity contribution in [2.45, 2.75) is 18.7 Å². The molecule has 0 unspecified atom stereocenters. The molecule has 7 nitrogen and oxygen atoms in total. The predicted molar refractivity (Wildman–Crippen MR) is 109 cm³/mol. The zero-order valence-electron chi connectivity index (χ0n) is 16.5. The van der Waals surface area contributed by atoms with Gasteiger partial charge in [-0.3, -0.25) is 14.9 Å². The Morgan fingerprint density at radius 3 is 2.32 bits per heavy atom. The van der Waals surface area contributed by atoms with Crippen LogP contribution in [0.5, 0.6) is 0 Å². The topological polar surface area (TPSA) is 82.9 Å². The van der Waals surface area contributed by atoms with Crippen molar-refractivity contribution in [1.29, 1.82) is 0 Å². The highest BCUT2D eigenvalue weighted by Gasteiger charge is 2.20. The van der Waals surface area contributed by atoms with Crippen LogP contribution in [0, 0.1) is 13.8 Å². The third kappa shape index (κ3) is 4.70. The zero-order chi connectivity index (χ0) is 20.3. The second-order valence-corrected chi connectivity index (χ2v) is 8.94. The lowest BCUT2D eigenvalue weighted by atomic mass is 10.1. The summed E-state index contributed by atoms with van der Waals surface area (Å²) in [6.45, 7) is 7.35. The van der Waals surface area contributed by atoms with Crippen LogP contribution in [0.3, 0.4) is 0 Å². The number of hydrogen-bond acceptors (Lipinski definition) is 4. The first-order valence-electron chi connectivity index (χ1n) is 9.32. The lowest BCUT2D eigenvalue weighted by Gasteiger charge is -2.30. The normalized spacial score (nSPS) is 16.0. The molecule has 3 rings (SSSR count). The van der Waals surface area contributed by atoms with E-state index in [1.165, 1.54) is 29.2 Å². The smallest absolute Gasteiger partial charge is 0.265 e. The molecule has 0 saturated carbocycles. The Labute approximate surface area is 166 Å². The fourth-order valence-corrected chi connectivity index (χ4v) is 4.18. The van der Waals surface area contributed by atoms with Crippen LogP contribution in [-0.4, -0.2) is 52.6 Å². The molecular weight excluding hydrogens is 376 g/mol. The van der Waals surface area contributed by atoms with E-state index >= 15 is 0 Å². The van der Waals surface area contributed by atoms with Gasteiger partial charge in [0.15, 0.2) is 0 Å².